The zero-order valence-electron chi connectivity index (χ0n) is 17.4. The second-order valence-electron chi connectivity index (χ2n) is 7.43. The van der Waals surface area contributed by atoms with E-state index in [1.165, 1.54) is 11.1 Å². The van der Waals surface area contributed by atoms with Gasteiger partial charge in [-0.25, -0.2) is 0 Å². The Morgan fingerprint density at radius 1 is 1.11 bits per heavy atom. The summed E-state index contributed by atoms with van der Waals surface area (Å²) in [7, 11) is 3.92. The molecule has 0 radical (unpaired) electrons. The lowest BCUT2D eigenvalue weighted by molar-refractivity contribution is 0.265. The average Bonchev–Trinajstić information content (AvgIpc) is 3.12. The van der Waals surface area contributed by atoms with Gasteiger partial charge in [-0.05, 0) is 37.9 Å². The number of nitrogens with zero attached hydrogens (tertiary/aromatic N) is 3. The molecule has 1 heterocycles. The molecular formula is C21H33N5O. The first-order chi connectivity index (χ1) is 12.9. The minimum Gasteiger partial charge on any atom is -0.359 e. The molecule has 6 nitrogen and oxygen atoms in total. The van der Waals surface area contributed by atoms with E-state index in [1.54, 1.807) is 7.05 Å². The van der Waals surface area contributed by atoms with Gasteiger partial charge in [0.1, 0.15) is 0 Å². The summed E-state index contributed by atoms with van der Waals surface area (Å²) < 4.78 is 5.37. The molecule has 1 aromatic heterocycles. The summed E-state index contributed by atoms with van der Waals surface area (Å²) in [6.45, 7) is 10.8. The van der Waals surface area contributed by atoms with Crippen LogP contribution in [0.3, 0.4) is 0 Å². The smallest absolute Gasteiger partial charge is 0.191 e. The van der Waals surface area contributed by atoms with Crippen LogP contribution < -0.4 is 10.6 Å². The molecule has 1 aromatic carbocycles. The Morgan fingerprint density at radius 3 is 2.37 bits per heavy atom. The standard InChI is InChI=1S/C21H33N5O/c1-15(2)20-11-19(27-25-20)13-24-21(22-5)23-12-17-9-7-8-10-18(17)14-26(6)16(3)4/h7-11,15-16H,12-14H2,1-6H3,(H2,22,23,24). The number of rotatable bonds is 8. The van der Waals surface area contributed by atoms with E-state index in [2.05, 4.69) is 84.7 Å². The van der Waals surface area contributed by atoms with Gasteiger partial charge in [-0.1, -0.05) is 43.3 Å². The van der Waals surface area contributed by atoms with Crippen LogP contribution in [-0.4, -0.2) is 36.2 Å². The topological polar surface area (TPSA) is 65.7 Å². The van der Waals surface area contributed by atoms with Crippen molar-refractivity contribution in [2.45, 2.75) is 59.3 Å². The number of benzene rings is 1. The Kier molecular flexibility index (Phi) is 7.85. The molecule has 0 aliphatic rings. The summed E-state index contributed by atoms with van der Waals surface area (Å²) in [5.41, 5.74) is 3.57. The summed E-state index contributed by atoms with van der Waals surface area (Å²) in [6.07, 6.45) is 0. The van der Waals surface area contributed by atoms with Crippen LogP contribution in [0.1, 0.15) is 56.2 Å². The minimum absolute atomic E-state index is 0.361. The number of hydrogen-bond donors (Lipinski definition) is 2. The van der Waals surface area contributed by atoms with E-state index < -0.39 is 0 Å². The summed E-state index contributed by atoms with van der Waals surface area (Å²) in [4.78, 5) is 6.64. The molecule has 2 rings (SSSR count). The van der Waals surface area contributed by atoms with Crippen LogP contribution in [0.2, 0.25) is 0 Å². The Morgan fingerprint density at radius 2 is 1.78 bits per heavy atom. The molecule has 0 saturated heterocycles. The average molecular weight is 372 g/mol. The fourth-order valence-electron chi connectivity index (χ4n) is 2.59. The van der Waals surface area contributed by atoms with Gasteiger partial charge < -0.3 is 15.2 Å². The molecule has 0 fully saturated rings. The minimum atomic E-state index is 0.361. The number of aliphatic imine (C=N–C) groups is 1. The number of hydrogen-bond acceptors (Lipinski definition) is 4. The van der Waals surface area contributed by atoms with Crippen molar-refractivity contribution in [3.05, 3.63) is 52.9 Å². The monoisotopic (exact) mass is 371 g/mol. The van der Waals surface area contributed by atoms with E-state index >= 15 is 0 Å². The van der Waals surface area contributed by atoms with Crippen LogP contribution in [0.25, 0.3) is 0 Å². The van der Waals surface area contributed by atoms with Crippen molar-refractivity contribution < 1.29 is 4.52 Å². The second kappa shape index (κ2) is 10.1. The van der Waals surface area contributed by atoms with E-state index in [1.807, 2.05) is 6.07 Å². The molecule has 0 saturated carbocycles. The molecule has 0 unspecified atom stereocenters. The Balaban J connectivity index is 1.92. The maximum atomic E-state index is 5.37. The van der Waals surface area contributed by atoms with Gasteiger partial charge in [0.15, 0.2) is 11.7 Å². The van der Waals surface area contributed by atoms with E-state index in [4.69, 9.17) is 4.52 Å². The maximum Gasteiger partial charge on any atom is 0.191 e. The van der Waals surface area contributed by atoms with Gasteiger partial charge >= 0.3 is 0 Å². The predicted octanol–water partition coefficient (Wildman–Crippen LogP) is 3.50. The molecule has 0 aliphatic carbocycles. The van der Waals surface area contributed by atoms with Gasteiger partial charge in [-0.2, -0.15) is 0 Å². The van der Waals surface area contributed by atoms with Crippen molar-refractivity contribution in [3.8, 4) is 0 Å². The quantitative estimate of drug-likeness (QED) is 0.549. The van der Waals surface area contributed by atoms with Gasteiger partial charge in [0.05, 0.1) is 12.2 Å². The van der Waals surface area contributed by atoms with Crippen molar-refractivity contribution in [2.24, 2.45) is 4.99 Å². The normalized spacial score (nSPS) is 12.3. The summed E-state index contributed by atoms with van der Waals surface area (Å²) in [6, 6.07) is 11.0. The molecule has 2 aromatic rings. The van der Waals surface area contributed by atoms with Gasteiger partial charge in [-0.3, -0.25) is 9.89 Å². The van der Waals surface area contributed by atoms with Crippen LogP contribution >= 0.6 is 0 Å². The van der Waals surface area contributed by atoms with Gasteiger partial charge in [0, 0.05) is 32.2 Å². The number of aromatic nitrogens is 1. The van der Waals surface area contributed by atoms with Crippen molar-refractivity contribution >= 4 is 5.96 Å². The fraction of sp³-hybridized carbons (Fsp3) is 0.524. The lowest BCUT2D eigenvalue weighted by Crippen LogP contribution is -2.36. The first-order valence-electron chi connectivity index (χ1n) is 9.57. The highest BCUT2D eigenvalue weighted by Crippen LogP contribution is 2.14. The third-order valence-corrected chi connectivity index (χ3v) is 4.69. The highest BCUT2D eigenvalue weighted by atomic mass is 16.5. The van der Waals surface area contributed by atoms with Crippen molar-refractivity contribution in [2.75, 3.05) is 14.1 Å². The Hall–Kier alpha value is -2.34. The van der Waals surface area contributed by atoms with E-state index in [-0.39, 0.29) is 0 Å². The van der Waals surface area contributed by atoms with E-state index in [0.717, 1.165) is 30.5 Å². The molecule has 148 valence electrons. The predicted molar refractivity (Wildman–Crippen MR) is 111 cm³/mol. The highest BCUT2D eigenvalue weighted by molar-refractivity contribution is 5.79. The Bertz CT molecular complexity index is 736. The first kappa shape index (κ1) is 21.0. The van der Waals surface area contributed by atoms with Crippen LogP contribution in [0.5, 0.6) is 0 Å². The SMILES string of the molecule is CN=C(NCc1cc(C(C)C)no1)NCc1ccccc1CN(C)C(C)C. The second-order valence-corrected chi connectivity index (χ2v) is 7.43. The zero-order valence-corrected chi connectivity index (χ0v) is 17.4. The zero-order chi connectivity index (χ0) is 19.8. The van der Waals surface area contributed by atoms with Crippen LogP contribution in [0.4, 0.5) is 0 Å². The molecule has 0 amide bonds. The highest BCUT2D eigenvalue weighted by Gasteiger charge is 2.10. The van der Waals surface area contributed by atoms with Crippen LogP contribution in [-0.2, 0) is 19.6 Å². The molecule has 27 heavy (non-hydrogen) atoms. The first-order valence-corrected chi connectivity index (χ1v) is 9.57. The van der Waals surface area contributed by atoms with Crippen molar-refractivity contribution in [1.29, 1.82) is 0 Å². The van der Waals surface area contributed by atoms with E-state index in [9.17, 15) is 0 Å². The third kappa shape index (κ3) is 6.40. The molecule has 0 aliphatic heterocycles. The molecule has 2 N–H and O–H groups in total. The van der Waals surface area contributed by atoms with Gasteiger partial charge in [0.2, 0.25) is 0 Å². The number of nitrogens with one attached hydrogen (secondary N) is 2. The van der Waals surface area contributed by atoms with Crippen molar-refractivity contribution in [1.82, 2.24) is 20.7 Å². The summed E-state index contributed by atoms with van der Waals surface area (Å²) in [5, 5.41) is 10.8. The lowest BCUT2D eigenvalue weighted by Gasteiger charge is -2.23. The summed E-state index contributed by atoms with van der Waals surface area (Å²) in [5.74, 6) is 1.91. The largest absolute Gasteiger partial charge is 0.359 e. The number of guanidine groups is 1. The molecule has 0 atom stereocenters. The van der Waals surface area contributed by atoms with Crippen molar-refractivity contribution in [3.63, 3.8) is 0 Å². The van der Waals surface area contributed by atoms with Gasteiger partial charge in [0.25, 0.3) is 0 Å². The molecule has 6 heteroatoms. The lowest BCUT2D eigenvalue weighted by atomic mass is 10.1. The van der Waals surface area contributed by atoms with E-state index in [0.29, 0.717) is 18.5 Å². The molecular weight excluding hydrogens is 338 g/mol. The molecule has 0 spiro atoms. The molecule has 0 bridgehead atoms. The van der Waals surface area contributed by atoms with Crippen LogP contribution in [0, 0.1) is 0 Å². The third-order valence-electron chi connectivity index (χ3n) is 4.69. The summed E-state index contributed by atoms with van der Waals surface area (Å²) >= 11 is 0. The maximum absolute atomic E-state index is 5.37. The van der Waals surface area contributed by atoms with Gasteiger partial charge in [-0.15, -0.1) is 0 Å². The Labute approximate surface area is 163 Å². The van der Waals surface area contributed by atoms with Crippen LogP contribution in [0.15, 0.2) is 39.8 Å². The fourth-order valence-corrected chi connectivity index (χ4v) is 2.59.